The van der Waals surface area contributed by atoms with E-state index >= 15 is 0 Å². The normalized spacial score (nSPS) is 11.8. The van der Waals surface area contributed by atoms with Gasteiger partial charge in [-0.25, -0.2) is 9.59 Å². The molecule has 0 saturated heterocycles. The number of alkyl halides is 5. The summed E-state index contributed by atoms with van der Waals surface area (Å²) >= 11 is 0. The molecule has 0 bridgehead atoms. The number of esters is 2. The fraction of sp³-hybridized carbons (Fsp3) is 0.241. The van der Waals surface area contributed by atoms with Crippen molar-refractivity contribution in [3.05, 3.63) is 89.5 Å². The highest BCUT2D eigenvalue weighted by molar-refractivity contribution is 5.91. The third kappa shape index (κ3) is 9.52. The lowest BCUT2D eigenvalue weighted by Crippen LogP contribution is -2.36. The average molecular weight is 579 g/mol. The molecule has 7 nitrogen and oxygen atoms in total. The highest BCUT2D eigenvalue weighted by Crippen LogP contribution is 2.38. The summed E-state index contributed by atoms with van der Waals surface area (Å²) in [7, 11) is 0. The zero-order chi connectivity index (χ0) is 30.0. The van der Waals surface area contributed by atoms with E-state index in [1.807, 2.05) is 0 Å². The molecule has 0 aromatic heterocycles. The first-order chi connectivity index (χ1) is 19.3. The second-order valence-electron chi connectivity index (χ2n) is 8.85. The monoisotopic (exact) mass is 578 g/mol. The summed E-state index contributed by atoms with van der Waals surface area (Å²) in [6.07, 6.45) is -4.26. The maximum absolute atomic E-state index is 12.9. The van der Waals surface area contributed by atoms with Crippen LogP contribution in [-0.2, 0) is 16.0 Å². The van der Waals surface area contributed by atoms with Crippen molar-refractivity contribution in [3.8, 4) is 11.5 Å². The number of hydrogen-bond donors (Lipinski definition) is 2. The summed E-state index contributed by atoms with van der Waals surface area (Å²) in [5, 5.41) is 0. The van der Waals surface area contributed by atoms with Crippen LogP contribution in [-0.4, -0.2) is 37.3 Å². The van der Waals surface area contributed by atoms with Gasteiger partial charge in [0.15, 0.2) is 0 Å². The molecule has 0 spiro atoms. The highest BCUT2D eigenvalue weighted by Gasteiger charge is 2.56. The van der Waals surface area contributed by atoms with Gasteiger partial charge in [0, 0.05) is 30.3 Å². The lowest BCUT2D eigenvalue weighted by Gasteiger charge is -2.19. The average Bonchev–Trinajstić information content (AvgIpc) is 2.91. The Labute approximate surface area is 232 Å². The second-order valence-corrected chi connectivity index (χ2v) is 8.85. The quantitative estimate of drug-likeness (QED) is 0.0655. The van der Waals surface area contributed by atoms with Crippen LogP contribution >= 0.6 is 0 Å². The first-order valence-electron chi connectivity index (χ1n) is 12.3. The number of benzene rings is 3. The first-order valence-corrected chi connectivity index (χ1v) is 12.3. The van der Waals surface area contributed by atoms with Crippen molar-refractivity contribution >= 4 is 29.4 Å². The van der Waals surface area contributed by atoms with Gasteiger partial charge >= 0.3 is 24.0 Å². The van der Waals surface area contributed by atoms with Crippen LogP contribution in [0.15, 0.2) is 72.8 Å². The Morgan fingerprint density at radius 2 is 1.49 bits per heavy atom. The van der Waals surface area contributed by atoms with E-state index in [9.17, 15) is 31.5 Å². The Morgan fingerprint density at radius 3 is 2.12 bits per heavy atom. The predicted molar refractivity (Wildman–Crippen MR) is 143 cm³/mol. The number of ether oxygens (including phenoxy) is 3. The number of anilines is 2. The lowest BCUT2D eigenvalue weighted by molar-refractivity contribution is -0.284. The Bertz CT molecular complexity index is 1360. The van der Waals surface area contributed by atoms with Gasteiger partial charge in [-0.3, -0.25) is 0 Å². The molecule has 3 rings (SSSR count). The van der Waals surface area contributed by atoms with E-state index in [-0.39, 0.29) is 30.3 Å². The minimum absolute atomic E-state index is 0.139. The SMILES string of the molecule is Nc1ccc(CCOC(=O)C=Cc2ccc(OC(=O)c3ccc(OCCCC(F)(F)C(F)(F)F)cc3)cc2)c(N)c1. The van der Waals surface area contributed by atoms with Gasteiger partial charge in [-0.2, -0.15) is 22.0 Å². The molecule has 3 aromatic carbocycles. The van der Waals surface area contributed by atoms with Gasteiger partial charge in [-0.1, -0.05) is 18.2 Å². The molecule has 0 heterocycles. The van der Waals surface area contributed by atoms with E-state index in [4.69, 9.17) is 25.7 Å². The number of carbonyl (C=O) groups excluding carboxylic acids is 2. The molecule has 0 aliphatic carbocycles. The minimum Gasteiger partial charge on any atom is -0.494 e. The Hall–Kier alpha value is -4.61. The van der Waals surface area contributed by atoms with Crippen molar-refractivity contribution in [3.63, 3.8) is 0 Å². The maximum Gasteiger partial charge on any atom is 0.453 e. The van der Waals surface area contributed by atoms with Gasteiger partial charge in [0.25, 0.3) is 0 Å². The maximum atomic E-state index is 12.9. The summed E-state index contributed by atoms with van der Waals surface area (Å²) in [6, 6.07) is 16.9. The smallest absolute Gasteiger partial charge is 0.453 e. The summed E-state index contributed by atoms with van der Waals surface area (Å²) in [5.74, 6) is -5.57. The van der Waals surface area contributed by atoms with Gasteiger partial charge in [-0.05, 0) is 72.2 Å². The minimum atomic E-state index is -5.60. The van der Waals surface area contributed by atoms with Gasteiger partial charge in [-0.15, -0.1) is 0 Å². The molecular formula is C29H27F5N2O5. The highest BCUT2D eigenvalue weighted by atomic mass is 19.4. The number of nitrogen functional groups attached to an aromatic ring is 2. The Kier molecular flexibility index (Phi) is 10.3. The molecule has 0 aliphatic heterocycles. The molecule has 4 N–H and O–H groups in total. The van der Waals surface area contributed by atoms with Crippen molar-refractivity contribution in [1.29, 1.82) is 0 Å². The van der Waals surface area contributed by atoms with Gasteiger partial charge in [0.1, 0.15) is 11.5 Å². The molecule has 0 amide bonds. The largest absolute Gasteiger partial charge is 0.494 e. The molecule has 0 saturated carbocycles. The van der Waals surface area contributed by atoms with E-state index in [1.54, 1.807) is 30.3 Å². The molecule has 0 unspecified atom stereocenters. The zero-order valence-corrected chi connectivity index (χ0v) is 21.6. The van der Waals surface area contributed by atoms with Crippen LogP contribution in [0.5, 0.6) is 11.5 Å². The molecule has 218 valence electrons. The fourth-order valence-corrected chi connectivity index (χ4v) is 3.44. The van der Waals surface area contributed by atoms with Crippen molar-refractivity contribution in [2.75, 3.05) is 24.7 Å². The molecule has 0 fully saturated rings. The summed E-state index contributed by atoms with van der Waals surface area (Å²) in [4.78, 5) is 24.4. The van der Waals surface area contributed by atoms with Crippen molar-refractivity contribution < 1.29 is 45.8 Å². The van der Waals surface area contributed by atoms with E-state index < -0.39 is 36.9 Å². The van der Waals surface area contributed by atoms with Crippen LogP contribution in [0.2, 0.25) is 0 Å². The topological polar surface area (TPSA) is 114 Å². The summed E-state index contributed by atoms with van der Waals surface area (Å²) < 4.78 is 78.0. The Balaban J connectivity index is 1.41. The molecule has 41 heavy (non-hydrogen) atoms. The van der Waals surface area contributed by atoms with Crippen LogP contribution in [0.1, 0.15) is 34.3 Å². The predicted octanol–water partition coefficient (Wildman–Crippen LogP) is 6.23. The van der Waals surface area contributed by atoms with E-state index in [2.05, 4.69) is 0 Å². The standard InChI is InChI=1S/C29H27F5N2O5/c30-28(31,29(32,33)34)15-1-16-39-23-11-6-21(7-12-23)27(38)41-24-9-2-19(3-10-24)4-13-26(37)40-17-14-20-5-8-22(35)18-25(20)36/h2-13,18H,1,14-17,35-36H2. The van der Waals surface area contributed by atoms with Gasteiger partial charge in [0.05, 0.1) is 18.8 Å². The number of nitrogens with two attached hydrogens (primary N) is 2. The van der Waals surface area contributed by atoms with Crippen LogP contribution in [0, 0.1) is 0 Å². The number of halogens is 5. The second kappa shape index (κ2) is 13.6. The molecular weight excluding hydrogens is 551 g/mol. The Morgan fingerprint density at radius 1 is 0.829 bits per heavy atom. The van der Waals surface area contributed by atoms with E-state index in [1.165, 1.54) is 48.6 Å². The fourth-order valence-electron chi connectivity index (χ4n) is 3.44. The van der Waals surface area contributed by atoms with Crippen molar-refractivity contribution in [1.82, 2.24) is 0 Å². The number of carbonyl (C=O) groups is 2. The molecule has 0 radical (unpaired) electrons. The van der Waals surface area contributed by atoms with Gasteiger partial charge < -0.3 is 25.7 Å². The molecule has 12 heteroatoms. The summed E-state index contributed by atoms with van der Waals surface area (Å²) in [6.45, 7) is -0.215. The van der Waals surface area contributed by atoms with Crippen LogP contribution in [0.4, 0.5) is 33.3 Å². The van der Waals surface area contributed by atoms with Crippen LogP contribution in [0.3, 0.4) is 0 Å². The third-order valence-corrected chi connectivity index (χ3v) is 5.70. The van der Waals surface area contributed by atoms with Crippen LogP contribution < -0.4 is 20.9 Å². The van der Waals surface area contributed by atoms with Crippen LogP contribution in [0.25, 0.3) is 6.08 Å². The summed E-state index contributed by atoms with van der Waals surface area (Å²) in [5.41, 5.74) is 14.2. The van der Waals surface area contributed by atoms with Crippen molar-refractivity contribution in [2.24, 2.45) is 0 Å². The lowest BCUT2D eigenvalue weighted by atomic mass is 10.1. The zero-order valence-electron chi connectivity index (χ0n) is 21.6. The molecule has 3 aromatic rings. The molecule has 0 aliphatic rings. The van der Waals surface area contributed by atoms with Gasteiger partial charge in [0.2, 0.25) is 0 Å². The number of hydrogen-bond acceptors (Lipinski definition) is 7. The number of rotatable bonds is 12. The van der Waals surface area contributed by atoms with E-state index in [0.717, 1.165) is 5.56 Å². The molecule has 0 atom stereocenters. The first kappa shape index (κ1) is 30.9. The van der Waals surface area contributed by atoms with E-state index in [0.29, 0.717) is 23.4 Å². The van der Waals surface area contributed by atoms with Crippen molar-refractivity contribution in [2.45, 2.75) is 31.4 Å². The third-order valence-electron chi connectivity index (χ3n) is 5.70.